The van der Waals surface area contributed by atoms with E-state index in [0.29, 0.717) is 23.5 Å². The van der Waals surface area contributed by atoms with Crippen molar-refractivity contribution in [2.45, 2.75) is 76.8 Å². The molecule has 2 bridgehead atoms. The summed E-state index contributed by atoms with van der Waals surface area (Å²) in [4.78, 5) is 22.2. The lowest BCUT2D eigenvalue weighted by molar-refractivity contribution is -0.577. The number of piperazine rings is 1. The van der Waals surface area contributed by atoms with Gasteiger partial charge in [-0.25, -0.2) is 14.8 Å². The van der Waals surface area contributed by atoms with Crippen LogP contribution in [0.15, 0.2) is 36.4 Å². The number of pyridine rings is 1. The van der Waals surface area contributed by atoms with Crippen molar-refractivity contribution in [3.63, 3.8) is 0 Å². The smallest absolute Gasteiger partial charge is 0.201 e. The second-order valence-electron chi connectivity index (χ2n) is 15.1. The van der Waals surface area contributed by atoms with Crippen LogP contribution in [0.1, 0.15) is 52.9 Å². The molecule has 11 heteroatoms. The van der Waals surface area contributed by atoms with E-state index >= 15 is 0 Å². The highest BCUT2D eigenvalue weighted by molar-refractivity contribution is 6.31. The number of rotatable bonds is 10. The maximum absolute atomic E-state index is 6.56. The molecule has 5 aliphatic heterocycles. The molecular weight excluding hydrogens is 644 g/mol. The van der Waals surface area contributed by atoms with Gasteiger partial charge in [0.05, 0.1) is 30.4 Å². The zero-order valence-corrected chi connectivity index (χ0v) is 30.0. The Balaban J connectivity index is 0.805. The summed E-state index contributed by atoms with van der Waals surface area (Å²) in [5.41, 5.74) is 2.53. The normalized spacial score (nSPS) is 34.7. The van der Waals surface area contributed by atoms with E-state index in [1.807, 2.05) is 31.2 Å². The van der Waals surface area contributed by atoms with E-state index in [0.717, 1.165) is 99.1 Å². The summed E-state index contributed by atoms with van der Waals surface area (Å²) in [6, 6.07) is 12.2. The van der Waals surface area contributed by atoms with Crippen LogP contribution in [-0.4, -0.2) is 93.4 Å². The van der Waals surface area contributed by atoms with Crippen LogP contribution in [0.25, 0.3) is 21.8 Å². The SMILES string of the molecule is COc1ccc2c(N3CCN(CCCNCCO[C@H]4O[C@@H]5O[C@@]6(C)CC[C@H]7[C@H](C)CC[C@@H]([C@H]4C)[C@@]57OO6)CC3)c3ccc(Cl)cc3nc2c1. The van der Waals surface area contributed by atoms with E-state index in [1.165, 1.54) is 12.1 Å². The Morgan fingerprint density at radius 2 is 1.76 bits per heavy atom. The van der Waals surface area contributed by atoms with Gasteiger partial charge in [0.2, 0.25) is 5.79 Å². The molecule has 0 unspecified atom stereocenters. The molecule has 49 heavy (non-hydrogen) atoms. The molecule has 1 saturated carbocycles. The van der Waals surface area contributed by atoms with Gasteiger partial charge in [0, 0.05) is 72.8 Å². The average Bonchev–Trinajstić information content (AvgIpc) is 3.34. The van der Waals surface area contributed by atoms with Gasteiger partial charge in [-0.05, 0) is 87.9 Å². The lowest BCUT2D eigenvalue weighted by Crippen LogP contribution is -2.70. The fourth-order valence-corrected chi connectivity index (χ4v) is 9.57. The van der Waals surface area contributed by atoms with Crippen molar-refractivity contribution in [2.75, 3.05) is 64.4 Å². The Hall–Kier alpha value is -2.28. The highest BCUT2D eigenvalue weighted by Crippen LogP contribution is 2.60. The van der Waals surface area contributed by atoms with Gasteiger partial charge in [-0.3, -0.25) is 4.90 Å². The summed E-state index contributed by atoms with van der Waals surface area (Å²) in [7, 11) is 1.69. The van der Waals surface area contributed by atoms with Crippen molar-refractivity contribution < 1.29 is 28.7 Å². The molecular formula is C38H51ClN4O6. The fourth-order valence-electron chi connectivity index (χ4n) is 9.40. The number of fused-ring (bicyclic) bond motifs is 4. The predicted octanol–water partition coefficient (Wildman–Crippen LogP) is 6.38. The van der Waals surface area contributed by atoms with Crippen molar-refractivity contribution >= 4 is 39.1 Å². The van der Waals surface area contributed by atoms with Gasteiger partial charge in [0.25, 0.3) is 0 Å². The predicted molar refractivity (Wildman–Crippen MR) is 190 cm³/mol. The van der Waals surface area contributed by atoms with Crippen LogP contribution in [0.4, 0.5) is 5.69 Å². The van der Waals surface area contributed by atoms with E-state index in [2.05, 4.69) is 41.1 Å². The quantitative estimate of drug-likeness (QED) is 0.147. The van der Waals surface area contributed by atoms with Gasteiger partial charge in [-0.15, -0.1) is 0 Å². The molecule has 266 valence electrons. The van der Waals surface area contributed by atoms with Gasteiger partial charge < -0.3 is 29.2 Å². The molecule has 3 aromatic rings. The maximum Gasteiger partial charge on any atom is 0.201 e. The molecule has 1 aliphatic carbocycles. The summed E-state index contributed by atoms with van der Waals surface area (Å²) in [5, 5.41) is 6.57. The Bertz CT molecular complexity index is 1660. The van der Waals surface area contributed by atoms with Crippen molar-refractivity contribution in [3.05, 3.63) is 41.4 Å². The Kier molecular flexibility index (Phi) is 9.46. The first-order valence-corrected chi connectivity index (χ1v) is 18.7. The largest absolute Gasteiger partial charge is 0.497 e. The van der Waals surface area contributed by atoms with Crippen LogP contribution in [0.3, 0.4) is 0 Å². The summed E-state index contributed by atoms with van der Waals surface area (Å²) < 4.78 is 24.9. The minimum absolute atomic E-state index is 0.198. The molecule has 1 N–H and O–H groups in total. The average molecular weight is 695 g/mol. The Labute approximate surface area is 294 Å². The first-order chi connectivity index (χ1) is 23.8. The van der Waals surface area contributed by atoms with Crippen LogP contribution >= 0.6 is 11.6 Å². The second kappa shape index (κ2) is 13.7. The molecule has 1 spiro atoms. The number of nitrogens with zero attached hydrogens (tertiary/aromatic N) is 3. The number of hydrogen-bond donors (Lipinski definition) is 1. The minimum Gasteiger partial charge on any atom is -0.497 e. The van der Waals surface area contributed by atoms with Crippen molar-refractivity contribution in [1.29, 1.82) is 0 Å². The van der Waals surface area contributed by atoms with Crippen LogP contribution in [0.2, 0.25) is 5.02 Å². The zero-order chi connectivity index (χ0) is 33.8. The molecule has 6 aliphatic rings. The van der Waals surface area contributed by atoms with Crippen LogP contribution in [-0.2, 0) is 24.0 Å². The van der Waals surface area contributed by atoms with Crippen molar-refractivity contribution in [1.82, 2.24) is 15.2 Å². The van der Waals surface area contributed by atoms with Gasteiger partial charge in [-0.2, -0.15) is 0 Å². The molecule has 0 radical (unpaired) electrons. The van der Waals surface area contributed by atoms with Crippen LogP contribution < -0.4 is 15.0 Å². The number of methoxy groups -OCH3 is 1. The lowest BCUT2D eigenvalue weighted by Gasteiger charge is -2.60. The fraction of sp³-hybridized carbons (Fsp3) is 0.658. The zero-order valence-electron chi connectivity index (χ0n) is 29.3. The molecule has 8 atom stereocenters. The molecule has 2 aromatic carbocycles. The molecule has 5 saturated heterocycles. The van der Waals surface area contributed by atoms with E-state index in [4.69, 9.17) is 45.3 Å². The molecule has 1 aromatic heterocycles. The standard InChI is InChI=1S/C38H51ClN4O6/c1-24-6-11-31-25(2)35(46-36-38(31)30(24)12-13-37(3,47-36)48-49-38)45-21-15-40-14-5-16-42-17-19-43(20-18-42)34-28-9-7-26(39)22-32(28)41-33-23-27(44-4)8-10-29(33)34/h7-10,22-25,30-31,35-36,40H,5-6,11-21H2,1-4H3/t24-,25-,30+,31+,35+,36-,37-,38-/m1/s1. The highest BCUT2D eigenvalue weighted by Gasteiger charge is 2.69. The molecule has 0 amide bonds. The first kappa shape index (κ1) is 33.8. The third-order valence-electron chi connectivity index (χ3n) is 12.1. The molecule has 9 rings (SSSR count). The number of nitrogens with one attached hydrogen (secondary N) is 1. The number of ether oxygens (including phenoxy) is 4. The van der Waals surface area contributed by atoms with Gasteiger partial charge in [-0.1, -0.05) is 25.4 Å². The molecule has 10 nitrogen and oxygen atoms in total. The molecule has 6 heterocycles. The lowest BCUT2D eigenvalue weighted by atomic mass is 9.58. The second-order valence-corrected chi connectivity index (χ2v) is 15.5. The maximum atomic E-state index is 6.56. The van der Waals surface area contributed by atoms with E-state index < -0.39 is 17.7 Å². The van der Waals surface area contributed by atoms with Crippen LogP contribution in [0, 0.1) is 23.7 Å². The summed E-state index contributed by atoms with van der Waals surface area (Å²) in [6.07, 6.45) is 4.45. The number of anilines is 1. The number of halogens is 1. The Morgan fingerprint density at radius 1 is 0.959 bits per heavy atom. The minimum atomic E-state index is -0.762. The summed E-state index contributed by atoms with van der Waals surface area (Å²) in [5.74, 6) is 1.45. The number of benzene rings is 2. The van der Waals surface area contributed by atoms with Gasteiger partial charge in [0.1, 0.15) is 5.75 Å². The monoisotopic (exact) mass is 694 g/mol. The van der Waals surface area contributed by atoms with Crippen molar-refractivity contribution in [2.24, 2.45) is 23.7 Å². The molecule has 6 fully saturated rings. The van der Waals surface area contributed by atoms with E-state index in [1.54, 1.807) is 7.11 Å². The van der Waals surface area contributed by atoms with E-state index in [9.17, 15) is 0 Å². The first-order valence-electron chi connectivity index (χ1n) is 18.3. The third-order valence-corrected chi connectivity index (χ3v) is 12.3. The number of aromatic nitrogens is 1. The Morgan fingerprint density at radius 3 is 2.57 bits per heavy atom. The van der Waals surface area contributed by atoms with Crippen LogP contribution in [0.5, 0.6) is 5.75 Å². The van der Waals surface area contributed by atoms with E-state index in [-0.39, 0.29) is 18.1 Å². The van der Waals surface area contributed by atoms with Crippen molar-refractivity contribution in [3.8, 4) is 5.75 Å². The third kappa shape index (κ3) is 6.20. The summed E-state index contributed by atoms with van der Waals surface area (Å²) >= 11 is 6.36. The topological polar surface area (TPSA) is 86.8 Å². The number of hydrogen-bond acceptors (Lipinski definition) is 10. The van der Waals surface area contributed by atoms with Gasteiger partial charge >= 0.3 is 0 Å². The summed E-state index contributed by atoms with van der Waals surface area (Å²) in [6.45, 7) is 13.9. The van der Waals surface area contributed by atoms with Gasteiger partial charge in [0.15, 0.2) is 18.2 Å². The highest BCUT2D eigenvalue weighted by atomic mass is 35.5.